The molecule has 0 bridgehead atoms. The van der Waals surface area contributed by atoms with Crippen LogP contribution in [0, 0.1) is 0 Å². The first kappa shape index (κ1) is 15.8. The molecule has 0 aliphatic heterocycles. The summed E-state index contributed by atoms with van der Waals surface area (Å²) < 4.78 is 2.80. The maximum atomic E-state index is 3.60. The van der Waals surface area contributed by atoms with Gasteiger partial charge in [-0.1, -0.05) is 68.4 Å². The van der Waals surface area contributed by atoms with Crippen LogP contribution in [0.2, 0.25) is 0 Å². The molecule has 0 spiro atoms. The Morgan fingerprint density at radius 3 is 2.45 bits per heavy atom. The lowest BCUT2D eigenvalue weighted by Gasteiger charge is -2.22. The Bertz CT molecular complexity index is 1630. The summed E-state index contributed by atoms with van der Waals surface area (Å²) in [5.74, 6) is 0. The van der Waals surface area contributed by atoms with Crippen LogP contribution in [0.5, 0.6) is 0 Å². The number of hydrogen-bond acceptors (Lipinski definition) is 1. The van der Waals surface area contributed by atoms with Gasteiger partial charge in [-0.15, -0.1) is 11.3 Å². The third-order valence-corrected chi connectivity index (χ3v) is 7.97. The fourth-order valence-electron chi connectivity index (χ4n) is 5.43. The Balaban J connectivity index is 1.62. The number of thiophene rings is 1. The zero-order chi connectivity index (χ0) is 19.3. The van der Waals surface area contributed by atoms with Crippen LogP contribution in [0.25, 0.3) is 53.1 Å². The van der Waals surface area contributed by atoms with Gasteiger partial charge < -0.3 is 4.98 Å². The lowest BCUT2D eigenvalue weighted by Crippen LogP contribution is -2.14. The average Bonchev–Trinajstić information content (AvgIpc) is 3.34. The van der Waals surface area contributed by atoms with Gasteiger partial charge in [0.2, 0.25) is 0 Å². The zero-order valence-corrected chi connectivity index (χ0v) is 17.2. The van der Waals surface area contributed by atoms with Crippen LogP contribution in [0.15, 0.2) is 72.8 Å². The van der Waals surface area contributed by atoms with Crippen LogP contribution in [-0.2, 0) is 5.41 Å². The van der Waals surface area contributed by atoms with E-state index in [0.29, 0.717) is 0 Å². The maximum absolute atomic E-state index is 3.60. The number of aromatic nitrogens is 1. The Morgan fingerprint density at radius 1 is 0.690 bits per heavy atom. The second-order valence-corrected chi connectivity index (χ2v) is 9.75. The van der Waals surface area contributed by atoms with Gasteiger partial charge in [0.15, 0.2) is 0 Å². The van der Waals surface area contributed by atoms with Crippen LogP contribution < -0.4 is 0 Å². The van der Waals surface area contributed by atoms with E-state index in [-0.39, 0.29) is 5.41 Å². The third kappa shape index (κ3) is 1.86. The fraction of sp³-hybridized carbons (Fsp3) is 0.111. The summed E-state index contributed by atoms with van der Waals surface area (Å²) in [6, 6.07) is 26.9. The van der Waals surface area contributed by atoms with E-state index in [9.17, 15) is 0 Å². The van der Waals surface area contributed by atoms with Gasteiger partial charge in [-0.2, -0.15) is 0 Å². The van der Waals surface area contributed by atoms with Crippen LogP contribution >= 0.6 is 11.3 Å². The van der Waals surface area contributed by atoms with Crippen LogP contribution in [-0.4, -0.2) is 4.98 Å². The Labute approximate surface area is 172 Å². The van der Waals surface area contributed by atoms with Gasteiger partial charge in [-0.3, -0.25) is 0 Å². The number of aromatic amines is 1. The smallest absolute Gasteiger partial charge is 0.0479 e. The van der Waals surface area contributed by atoms with Crippen molar-refractivity contribution >= 4 is 53.3 Å². The van der Waals surface area contributed by atoms with Crippen molar-refractivity contribution in [3.8, 4) is 11.1 Å². The summed E-state index contributed by atoms with van der Waals surface area (Å²) in [4.78, 5) is 3.60. The summed E-state index contributed by atoms with van der Waals surface area (Å²) in [5, 5.41) is 5.38. The summed E-state index contributed by atoms with van der Waals surface area (Å²) >= 11 is 1.94. The van der Waals surface area contributed by atoms with Crippen molar-refractivity contribution in [2.24, 2.45) is 0 Å². The van der Waals surface area contributed by atoms with Crippen LogP contribution in [0.4, 0.5) is 0 Å². The normalized spacial score (nSPS) is 14.8. The molecule has 1 aliphatic rings. The lowest BCUT2D eigenvalue weighted by atomic mass is 9.82. The number of hydrogen-bond donors (Lipinski definition) is 1. The average molecular weight is 390 g/mol. The Kier molecular flexibility index (Phi) is 2.77. The van der Waals surface area contributed by atoms with E-state index in [1.807, 2.05) is 11.3 Å². The van der Waals surface area contributed by atoms with Crippen molar-refractivity contribution in [1.82, 2.24) is 4.98 Å². The van der Waals surface area contributed by atoms with Crippen LogP contribution in [0.1, 0.15) is 25.0 Å². The fourth-order valence-corrected chi connectivity index (χ4v) is 6.86. The number of fused-ring (bicyclic) bond motifs is 10. The molecule has 6 aromatic rings. The first-order valence-corrected chi connectivity index (χ1v) is 10.9. The molecule has 1 aliphatic carbocycles. The second kappa shape index (κ2) is 5.08. The van der Waals surface area contributed by atoms with Gasteiger partial charge in [0.05, 0.1) is 0 Å². The van der Waals surface area contributed by atoms with Gasteiger partial charge >= 0.3 is 0 Å². The molecule has 0 fully saturated rings. The van der Waals surface area contributed by atoms with Crippen molar-refractivity contribution < 1.29 is 0 Å². The van der Waals surface area contributed by atoms with Crippen molar-refractivity contribution in [3.05, 3.63) is 83.9 Å². The van der Waals surface area contributed by atoms with Crippen molar-refractivity contribution in [2.75, 3.05) is 0 Å². The lowest BCUT2D eigenvalue weighted by molar-refractivity contribution is 0.667. The molecule has 2 heterocycles. The summed E-state index contributed by atoms with van der Waals surface area (Å²) in [6.45, 7) is 4.75. The minimum absolute atomic E-state index is 0.0277. The van der Waals surface area contributed by atoms with Gasteiger partial charge in [0, 0.05) is 47.4 Å². The third-order valence-electron chi connectivity index (χ3n) is 6.78. The molecule has 7 rings (SSSR count). The molecule has 0 saturated carbocycles. The molecule has 1 nitrogen and oxygen atoms in total. The van der Waals surface area contributed by atoms with E-state index >= 15 is 0 Å². The highest BCUT2D eigenvalue weighted by Crippen LogP contribution is 2.53. The summed E-state index contributed by atoms with van der Waals surface area (Å²) in [7, 11) is 0. The molecule has 0 atom stereocenters. The van der Waals surface area contributed by atoms with Crippen molar-refractivity contribution in [1.29, 1.82) is 0 Å². The molecule has 2 aromatic heterocycles. The minimum atomic E-state index is 0.0277. The van der Waals surface area contributed by atoms with Gasteiger partial charge in [-0.05, 0) is 40.5 Å². The van der Waals surface area contributed by atoms with E-state index in [1.165, 1.54) is 64.2 Å². The molecular formula is C27H19NS. The number of para-hydroxylation sites is 1. The second-order valence-electron chi connectivity index (χ2n) is 8.70. The number of nitrogens with one attached hydrogen (secondary N) is 1. The minimum Gasteiger partial charge on any atom is -0.354 e. The van der Waals surface area contributed by atoms with E-state index < -0.39 is 0 Å². The van der Waals surface area contributed by atoms with Gasteiger partial charge in [-0.25, -0.2) is 0 Å². The highest BCUT2D eigenvalue weighted by molar-refractivity contribution is 7.26. The van der Waals surface area contributed by atoms with Gasteiger partial charge in [0.1, 0.15) is 0 Å². The van der Waals surface area contributed by atoms with Crippen molar-refractivity contribution in [2.45, 2.75) is 19.3 Å². The molecule has 138 valence electrons. The largest absolute Gasteiger partial charge is 0.354 e. The molecule has 2 heteroatoms. The highest BCUT2D eigenvalue weighted by Gasteiger charge is 2.37. The standard InChI is InChI=1S/C27H19NS/c1-27(2)21-9-5-3-7-15(21)17-11-12-18-20-13-19-16-8-4-6-10-22(16)28-23(19)14-24(20)29-26(18)25(17)27/h3-14,28H,1-2H3. The van der Waals surface area contributed by atoms with Crippen LogP contribution in [0.3, 0.4) is 0 Å². The molecule has 1 N–H and O–H groups in total. The molecule has 0 unspecified atom stereocenters. The molecule has 4 aromatic carbocycles. The molecule has 29 heavy (non-hydrogen) atoms. The van der Waals surface area contributed by atoms with Gasteiger partial charge in [0.25, 0.3) is 0 Å². The monoisotopic (exact) mass is 389 g/mol. The Morgan fingerprint density at radius 2 is 1.52 bits per heavy atom. The number of rotatable bonds is 0. The first-order chi connectivity index (χ1) is 14.1. The summed E-state index contributed by atoms with van der Waals surface area (Å²) in [5.41, 5.74) is 8.20. The molecule has 0 saturated heterocycles. The first-order valence-electron chi connectivity index (χ1n) is 10.1. The summed E-state index contributed by atoms with van der Waals surface area (Å²) in [6.07, 6.45) is 0. The maximum Gasteiger partial charge on any atom is 0.0479 e. The number of H-pyrrole nitrogens is 1. The predicted molar refractivity (Wildman–Crippen MR) is 126 cm³/mol. The topological polar surface area (TPSA) is 15.8 Å². The molecule has 0 radical (unpaired) electrons. The highest BCUT2D eigenvalue weighted by atomic mass is 32.1. The SMILES string of the molecule is CC1(C)c2ccccc2-c2ccc3c(sc4cc5[nH]c6ccccc6c5cc43)c21. The van der Waals surface area contributed by atoms with E-state index in [0.717, 1.165) is 0 Å². The number of benzene rings is 4. The zero-order valence-electron chi connectivity index (χ0n) is 16.3. The predicted octanol–water partition coefficient (Wildman–Crippen LogP) is 8.00. The van der Waals surface area contributed by atoms with E-state index in [1.54, 1.807) is 0 Å². The molecule has 0 amide bonds. The van der Waals surface area contributed by atoms with E-state index in [4.69, 9.17) is 0 Å². The Hall–Kier alpha value is -3.10. The molecular weight excluding hydrogens is 370 g/mol. The quantitative estimate of drug-likeness (QED) is 0.271. The van der Waals surface area contributed by atoms with E-state index in [2.05, 4.69) is 91.6 Å². The van der Waals surface area contributed by atoms with Crippen molar-refractivity contribution in [3.63, 3.8) is 0 Å².